The van der Waals surface area contributed by atoms with E-state index in [2.05, 4.69) is 12.1 Å². The quantitative estimate of drug-likeness (QED) is 0.752. The van der Waals surface area contributed by atoms with Gasteiger partial charge in [-0.1, -0.05) is 36.4 Å². The fraction of sp³-hybridized carbons (Fsp3) is 0.312. The highest BCUT2D eigenvalue weighted by molar-refractivity contribution is 6.10. The van der Waals surface area contributed by atoms with Crippen molar-refractivity contribution >= 4 is 16.6 Å². The number of aryl methyl sites for hydroxylation is 1. The standard InChI is InChI=1S/C16H16O2/c1-11-6-7-12-4-2-3-5-14(12)15(11)16(17)13-8-9-18-10-13/h2-7,13H,8-10H2,1H3. The van der Waals surface area contributed by atoms with Crippen molar-refractivity contribution in [3.05, 3.63) is 47.5 Å². The fourth-order valence-electron chi connectivity index (χ4n) is 2.65. The predicted octanol–water partition coefficient (Wildman–Crippen LogP) is 3.37. The minimum Gasteiger partial charge on any atom is -0.381 e. The summed E-state index contributed by atoms with van der Waals surface area (Å²) in [5.41, 5.74) is 1.94. The van der Waals surface area contributed by atoms with Crippen molar-refractivity contribution in [1.82, 2.24) is 0 Å². The second-order valence-corrected chi connectivity index (χ2v) is 4.90. The smallest absolute Gasteiger partial charge is 0.169 e. The van der Waals surface area contributed by atoms with E-state index in [1.54, 1.807) is 0 Å². The van der Waals surface area contributed by atoms with Gasteiger partial charge in [0.1, 0.15) is 0 Å². The number of rotatable bonds is 2. The average molecular weight is 240 g/mol. The van der Waals surface area contributed by atoms with Gasteiger partial charge in [0.05, 0.1) is 6.61 Å². The number of ether oxygens (including phenoxy) is 1. The Morgan fingerprint density at radius 1 is 1.22 bits per heavy atom. The van der Waals surface area contributed by atoms with Crippen LogP contribution in [0.3, 0.4) is 0 Å². The summed E-state index contributed by atoms with van der Waals surface area (Å²) in [5, 5.41) is 2.19. The maximum absolute atomic E-state index is 12.6. The van der Waals surface area contributed by atoms with Gasteiger partial charge in [-0.25, -0.2) is 0 Å². The third kappa shape index (κ3) is 1.83. The first-order chi connectivity index (χ1) is 8.77. The number of benzene rings is 2. The largest absolute Gasteiger partial charge is 0.381 e. The van der Waals surface area contributed by atoms with Gasteiger partial charge in [0, 0.05) is 18.1 Å². The summed E-state index contributed by atoms with van der Waals surface area (Å²) in [4.78, 5) is 12.6. The molecule has 1 unspecified atom stereocenters. The average Bonchev–Trinajstić information content (AvgIpc) is 2.92. The highest BCUT2D eigenvalue weighted by Gasteiger charge is 2.26. The number of hydrogen-bond donors (Lipinski definition) is 0. The van der Waals surface area contributed by atoms with E-state index in [4.69, 9.17) is 4.74 Å². The van der Waals surface area contributed by atoms with E-state index in [0.29, 0.717) is 13.2 Å². The van der Waals surface area contributed by atoms with Gasteiger partial charge in [0.2, 0.25) is 0 Å². The molecule has 1 fully saturated rings. The minimum atomic E-state index is 0.0366. The molecule has 3 rings (SSSR count). The second-order valence-electron chi connectivity index (χ2n) is 4.90. The molecule has 0 spiro atoms. The van der Waals surface area contributed by atoms with E-state index >= 15 is 0 Å². The van der Waals surface area contributed by atoms with Gasteiger partial charge in [-0.05, 0) is 29.7 Å². The third-order valence-electron chi connectivity index (χ3n) is 3.68. The van der Waals surface area contributed by atoms with Crippen molar-refractivity contribution in [2.24, 2.45) is 5.92 Å². The van der Waals surface area contributed by atoms with Crippen molar-refractivity contribution in [3.63, 3.8) is 0 Å². The molecular formula is C16H16O2. The number of fused-ring (bicyclic) bond motifs is 1. The van der Waals surface area contributed by atoms with Crippen LogP contribution >= 0.6 is 0 Å². The van der Waals surface area contributed by atoms with E-state index in [9.17, 15) is 4.79 Å². The number of ketones is 1. The van der Waals surface area contributed by atoms with E-state index in [1.165, 1.54) is 0 Å². The fourth-order valence-corrected chi connectivity index (χ4v) is 2.65. The van der Waals surface area contributed by atoms with Crippen LogP contribution in [-0.2, 0) is 4.74 Å². The minimum absolute atomic E-state index is 0.0366. The van der Waals surface area contributed by atoms with E-state index in [0.717, 1.165) is 28.3 Å². The molecule has 0 saturated carbocycles. The van der Waals surface area contributed by atoms with Crippen LogP contribution in [0.2, 0.25) is 0 Å². The molecular weight excluding hydrogens is 224 g/mol. The van der Waals surface area contributed by atoms with Gasteiger partial charge in [0.25, 0.3) is 0 Å². The van der Waals surface area contributed by atoms with Crippen molar-refractivity contribution in [3.8, 4) is 0 Å². The van der Waals surface area contributed by atoms with Crippen LogP contribution in [0.25, 0.3) is 10.8 Å². The van der Waals surface area contributed by atoms with Crippen molar-refractivity contribution < 1.29 is 9.53 Å². The molecule has 1 aliphatic rings. The Balaban J connectivity index is 2.14. The Hall–Kier alpha value is -1.67. The topological polar surface area (TPSA) is 26.3 Å². The van der Waals surface area contributed by atoms with Crippen molar-refractivity contribution in [2.75, 3.05) is 13.2 Å². The van der Waals surface area contributed by atoms with Gasteiger partial charge >= 0.3 is 0 Å². The first-order valence-corrected chi connectivity index (χ1v) is 6.37. The summed E-state index contributed by atoms with van der Waals surface area (Å²) < 4.78 is 5.33. The molecule has 0 N–H and O–H groups in total. The molecule has 2 heteroatoms. The number of hydrogen-bond acceptors (Lipinski definition) is 2. The summed E-state index contributed by atoms with van der Waals surface area (Å²) in [7, 11) is 0. The molecule has 0 aliphatic carbocycles. The van der Waals surface area contributed by atoms with E-state index < -0.39 is 0 Å². The Morgan fingerprint density at radius 3 is 2.83 bits per heavy atom. The molecule has 0 amide bonds. The molecule has 0 aromatic heterocycles. The van der Waals surface area contributed by atoms with Crippen molar-refractivity contribution in [1.29, 1.82) is 0 Å². The molecule has 1 saturated heterocycles. The molecule has 2 aromatic rings. The zero-order valence-corrected chi connectivity index (χ0v) is 10.5. The summed E-state index contributed by atoms with van der Waals surface area (Å²) in [5.74, 6) is 0.274. The zero-order chi connectivity index (χ0) is 12.5. The molecule has 1 atom stereocenters. The lowest BCUT2D eigenvalue weighted by atomic mass is 9.90. The maximum Gasteiger partial charge on any atom is 0.169 e. The lowest BCUT2D eigenvalue weighted by Crippen LogP contribution is -2.16. The Morgan fingerprint density at radius 2 is 2.06 bits per heavy atom. The number of Topliss-reactive ketones (excluding diaryl/α,β-unsaturated/α-hetero) is 1. The lowest BCUT2D eigenvalue weighted by molar-refractivity contribution is 0.0901. The number of carbonyl (C=O) groups excluding carboxylic acids is 1. The molecule has 92 valence electrons. The lowest BCUT2D eigenvalue weighted by Gasteiger charge is -2.12. The van der Waals surface area contributed by atoms with Crippen LogP contribution in [0.15, 0.2) is 36.4 Å². The SMILES string of the molecule is Cc1ccc2ccccc2c1C(=O)C1CCOC1. The summed E-state index contributed by atoms with van der Waals surface area (Å²) in [6, 6.07) is 12.2. The third-order valence-corrected chi connectivity index (χ3v) is 3.68. The van der Waals surface area contributed by atoms with Crippen LogP contribution in [-0.4, -0.2) is 19.0 Å². The molecule has 1 aliphatic heterocycles. The first kappa shape index (κ1) is 11.4. The maximum atomic E-state index is 12.6. The molecule has 18 heavy (non-hydrogen) atoms. The van der Waals surface area contributed by atoms with Crippen LogP contribution in [0, 0.1) is 12.8 Å². The van der Waals surface area contributed by atoms with Crippen LogP contribution in [0.4, 0.5) is 0 Å². The zero-order valence-electron chi connectivity index (χ0n) is 10.5. The van der Waals surface area contributed by atoms with Crippen LogP contribution in [0.5, 0.6) is 0 Å². The first-order valence-electron chi connectivity index (χ1n) is 6.37. The molecule has 0 radical (unpaired) electrons. The molecule has 2 aromatic carbocycles. The summed E-state index contributed by atoms with van der Waals surface area (Å²) in [6.07, 6.45) is 0.849. The summed E-state index contributed by atoms with van der Waals surface area (Å²) >= 11 is 0. The van der Waals surface area contributed by atoms with Gasteiger partial charge in [-0.2, -0.15) is 0 Å². The van der Waals surface area contributed by atoms with Crippen LogP contribution in [0.1, 0.15) is 22.3 Å². The molecule has 1 heterocycles. The molecule has 2 nitrogen and oxygen atoms in total. The van der Waals surface area contributed by atoms with Gasteiger partial charge in [0.15, 0.2) is 5.78 Å². The number of carbonyl (C=O) groups is 1. The monoisotopic (exact) mass is 240 g/mol. The summed E-state index contributed by atoms with van der Waals surface area (Å²) in [6.45, 7) is 3.29. The normalized spacial score (nSPS) is 19.3. The Bertz CT molecular complexity index is 595. The van der Waals surface area contributed by atoms with Gasteiger partial charge in [-0.15, -0.1) is 0 Å². The predicted molar refractivity (Wildman–Crippen MR) is 71.9 cm³/mol. The van der Waals surface area contributed by atoms with E-state index in [1.807, 2.05) is 31.2 Å². The molecule has 0 bridgehead atoms. The van der Waals surface area contributed by atoms with E-state index in [-0.39, 0.29) is 11.7 Å². The Labute approximate surface area is 107 Å². The van der Waals surface area contributed by atoms with Gasteiger partial charge < -0.3 is 4.74 Å². The van der Waals surface area contributed by atoms with Crippen LogP contribution < -0.4 is 0 Å². The highest BCUT2D eigenvalue weighted by Crippen LogP contribution is 2.27. The van der Waals surface area contributed by atoms with Gasteiger partial charge in [-0.3, -0.25) is 4.79 Å². The van der Waals surface area contributed by atoms with Crippen molar-refractivity contribution in [2.45, 2.75) is 13.3 Å². The highest BCUT2D eigenvalue weighted by atomic mass is 16.5. The Kier molecular flexibility index (Phi) is 2.88. The second kappa shape index (κ2) is 4.54.